The second-order valence-electron chi connectivity index (χ2n) is 6.72. The van der Waals surface area contributed by atoms with E-state index in [-0.39, 0.29) is 24.5 Å². The third kappa shape index (κ3) is 2.56. The van der Waals surface area contributed by atoms with Crippen LogP contribution in [-0.4, -0.2) is 75.5 Å². The van der Waals surface area contributed by atoms with Crippen molar-refractivity contribution in [2.45, 2.75) is 12.6 Å². The van der Waals surface area contributed by atoms with Crippen molar-refractivity contribution in [1.29, 1.82) is 0 Å². The molecule has 26 heavy (non-hydrogen) atoms. The molecule has 9 heteroatoms. The first-order valence-electron chi connectivity index (χ1n) is 8.47. The van der Waals surface area contributed by atoms with Crippen LogP contribution < -0.4 is 11.2 Å². The van der Waals surface area contributed by atoms with Crippen LogP contribution >= 0.6 is 0 Å². The molecule has 2 aliphatic heterocycles. The molecule has 136 valence electrons. The summed E-state index contributed by atoms with van der Waals surface area (Å²) in [4.78, 5) is 57.1. The fourth-order valence-electron chi connectivity index (χ4n) is 3.68. The summed E-state index contributed by atoms with van der Waals surface area (Å²) in [6.45, 7) is 1.53. The van der Waals surface area contributed by atoms with Gasteiger partial charge in [0.05, 0.1) is 16.9 Å². The summed E-state index contributed by atoms with van der Waals surface area (Å²) >= 11 is 0. The Bertz CT molecular complexity index is 1010. The fourth-order valence-corrected chi connectivity index (χ4v) is 3.68. The molecular formula is C17H19N5O4. The number of likely N-dealkylation sites (N-methyl/N-ethyl adjacent to an activating group) is 1. The molecule has 0 bridgehead atoms. The molecular weight excluding hydrogens is 338 g/mol. The minimum Gasteiger partial charge on any atom is -0.337 e. The normalized spacial score (nSPS) is 20.0. The monoisotopic (exact) mass is 357 g/mol. The maximum absolute atomic E-state index is 12.7. The number of hydrogen-bond acceptors (Lipinski definition) is 4. The highest BCUT2D eigenvalue weighted by molar-refractivity contribution is 5.80. The third-order valence-electron chi connectivity index (χ3n) is 5.08. The predicted molar refractivity (Wildman–Crippen MR) is 93.9 cm³/mol. The van der Waals surface area contributed by atoms with Crippen molar-refractivity contribution in [3.63, 3.8) is 0 Å². The van der Waals surface area contributed by atoms with Gasteiger partial charge in [0.2, 0.25) is 5.91 Å². The molecule has 2 saturated heterocycles. The van der Waals surface area contributed by atoms with Crippen molar-refractivity contribution in [2.24, 2.45) is 0 Å². The third-order valence-corrected chi connectivity index (χ3v) is 5.08. The molecule has 2 aliphatic rings. The lowest BCUT2D eigenvalue weighted by Crippen LogP contribution is -2.55. The lowest BCUT2D eigenvalue weighted by molar-refractivity contribution is -0.134. The van der Waals surface area contributed by atoms with E-state index >= 15 is 0 Å². The molecule has 0 saturated carbocycles. The Hall–Kier alpha value is -3.10. The molecule has 1 aromatic carbocycles. The van der Waals surface area contributed by atoms with E-state index in [0.29, 0.717) is 37.1 Å². The minimum absolute atomic E-state index is 0.0238. The number of amides is 3. The number of para-hydroxylation sites is 1. The van der Waals surface area contributed by atoms with Gasteiger partial charge in [-0.15, -0.1) is 0 Å². The molecule has 3 heterocycles. The largest absolute Gasteiger partial charge is 0.337 e. The summed E-state index contributed by atoms with van der Waals surface area (Å²) in [5.41, 5.74) is -0.629. The fraction of sp³-hybridized carbons (Fsp3) is 0.412. The number of nitrogens with zero attached hydrogens (tertiary/aromatic N) is 4. The van der Waals surface area contributed by atoms with Gasteiger partial charge in [-0.3, -0.25) is 14.2 Å². The SMILES string of the molecule is CN1CC2CN(C(=O)Cn3c(=O)[nH]c4ccccc4c3=O)CCN2C1=O. The molecule has 1 atom stereocenters. The summed E-state index contributed by atoms with van der Waals surface area (Å²) in [5, 5.41) is 0.368. The van der Waals surface area contributed by atoms with Gasteiger partial charge in [0.1, 0.15) is 6.54 Å². The highest BCUT2D eigenvalue weighted by atomic mass is 16.2. The van der Waals surface area contributed by atoms with Crippen molar-refractivity contribution in [3.8, 4) is 0 Å². The van der Waals surface area contributed by atoms with Gasteiger partial charge in [-0.05, 0) is 12.1 Å². The van der Waals surface area contributed by atoms with E-state index in [1.54, 1.807) is 46.0 Å². The van der Waals surface area contributed by atoms with Crippen LogP contribution in [0.15, 0.2) is 33.9 Å². The minimum atomic E-state index is -0.600. The average molecular weight is 357 g/mol. The molecule has 9 nitrogen and oxygen atoms in total. The molecule has 0 aliphatic carbocycles. The summed E-state index contributed by atoms with van der Waals surface area (Å²) in [6.07, 6.45) is 0. The van der Waals surface area contributed by atoms with Crippen molar-refractivity contribution in [3.05, 3.63) is 45.1 Å². The first kappa shape index (κ1) is 16.4. The molecule has 2 fully saturated rings. The predicted octanol–water partition coefficient (Wildman–Crippen LogP) is -0.732. The lowest BCUT2D eigenvalue weighted by Gasteiger charge is -2.36. The number of carbonyl (C=O) groups excluding carboxylic acids is 2. The van der Waals surface area contributed by atoms with Gasteiger partial charge in [0, 0.05) is 33.2 Å². The van der Waals surface area contributed by atoms with Crippen LogP contribution in [0.25, 0.3) is 10.9 Å². The van der Waals surface area contributed by atoms with Gasteiger partial charge in [-0.2, -0.15) is 0 Å². The van der Waals surface area contributed by atoms with Gasteiger partial charge in [0.15, 0.2) is 0 Å². The van der Waals surface area contributed by atoms with Crippen LogP contribution in [0.5, 0.6) is 0 Å². The average Bonchev–Trinajstić information content (AvgIpc) is 2.92. The first-order chi connectivity index (χ1) is 12.5. The van der Waals surface area contributed by atoms with Gasteiger partial charge in [0.25, 0.3) is 5.56 Å². The Morgan fingerprint density at radius 2 is 1.92 bits per heavy atom. The summed E-state index contributed by atoms with van der Waals surface area (Å²) in [6, 6.07) is 6.64. The van der Waals surface area contributed by atoms with Gasteiger partial charge >= 0.3 is 11.7 Å². The second-order valence-corrected chi connectivity index (χ2v) is 6.72. The van der Waals surface area contributed by atoms with E-state index in [9.17, 15) is 19.2 Å². The van der Waals surface area contributed by atoms with Crippen LogP contribution in [0.1, 0.15) is 0 Å². The van der Waals surface area contributed by atoms with E-state index in [4.69, 9.17) is 0 Å². The number of aromatic amines is 1. The molecule has 1 aromatic heterocycles. The second kappa shape index (κ2) is 6.01. The maximum atomic E-state index is 12.7. The number of aromatic nitrogens is 2. The van der Waals surface area contributed by atoms with E-state index in [0.717, 1.165) is 4.57 Å². The van der Waals surface area contributed by atoms with Crippen LogP contribution in [0.3, 0.4) is 0 Å². The van der Waals surface area contributed by atoms with Crippen molar-refractivity contribution in [2.75, 3.05) is 33.2 Å². The Kier molecular flexibility index (Phi) is 3.78. The lowest BCUT2D eigenvalue weighted by atomic mass is 10.2. The molecule has 4 rings (SSSR count). The van der Waals surface area contributed by atoms with E-state index < -0.39 is 11.2 Å². The smallest absolute Gasteiger partial charge is 0.329 e. The van der Waals surface area contributed by atoms with Crippen LogP contribution in [-0.2, 0) is 11.3 Å². The molecule has 1 N–H and O–H groups in total. The van der Waals surface area contributed by atoms with Crippen LogP contribution in [0.2, 0.25) is 0 Å². The standard InChI is InChI=1S/C17H19N5O4/c1-19-8-11-9-20(6-7-21(11)17(19)26)14(23)10-22-15(24)12-4-2-3-5-13(12)18-16(22)25/h2-5,11H,6-10H2,1H3,(H,18,25). The van der Waals surface area contributed by atoms with Gasteiger partial charge in [-0.1, -0.05) is 12.1 Å². The molecule has 0 spiro atoms. The van der Waals surface area contributed by atoms with Crippen molar-refractivity contribution < 1.29 is 9.59 Å². The number of urea groups is 1. The van der Waals surface area contributed by atoms with Crippen LogP contribution in [0, 0.1) is 0 Å². The maximum Gasteiger partial charge on any atom is 0.329 e. The highest BCUT2D eigenvalue weighted by Crippen LogP contribution is 2.19. The summed E-state index contributed by atoms with van der Waals surface area (Å²) < 4.78 is 0.933. The molecule has 3 amide bonds. The molecule has 1 unspecified atom stereocenters. The summed E-state index contributed by atoms with van der Waals surface area (Å²) in [7, 11) is 1.74. The topological polar surface area (TPSA) is 98.7 Å². The Morgan fingerprint density at radius 3 is 2.73 bits per heavy atom. The number of piperazine rings is 1. The van der Waals surface area contributed by atoms with Gasteiger partial charge in [-0.25, -0.2) is 9.59 Å². The van der Waals surface area contributed by atoms with Gasteiger partial charge < -0.3 is 19.7 Å². The zero-order chi connectivity index (χ0) is 18.4. The quantitative estimate of drug-likeness (QED) is 0.766. The van der Waals surface area contributed by atoms with E-state index in [2.05, 4.69) is 4.98 Å². The first-order valence-corrected chi connectivity index (χ1v) is 8.47. The Morgan fingerprint density at radius 1 is 1.15 bits per heavy atom. The Labute approximate surface area is 148 Å². The van der Waals surface area contributed by atoms with Crippen molar-refractivity contribution in [1.82, 2.24) is 24.3 Å². The number of carbonyl (C=O) groups is 2. The number of H-pyrrole nitrogens is 1. The number of hydrogen-bond donors (Lipinski definition) is 1. The number of rotatable bonds is 2. The summed E-state index contributed by atoms with van der Waals surface area (Å²) in [5.74, 6) is -0.297. The Balaban J connectivity index is 1.56. The van der Waals surface area contributed by atoms with Crippen LogP contribution in [0.4, 0.5) is 4.79 Å². The van der Waals surface area contributed by atoms with Crippen molar-refractivity contribution >= 4 is 22.8 Å². The number of benzene rings is 1. The highest BCUT2D eigenvalue weighted by Gasteiger charge is 2.40. The zero-order valence-electron chi connectivity index (χ0n) is 14.3. The zero-order valence-corrected chi connectivity index (χ0v) is 14.3. The van der Waals surface area contributed by atoms with E-state index in [1.165, 1.54) is 0 Å². The molecule has 2 aromatic rings. The number of nitrogens with one attached hydrogen (secondary N) is 1. The molecule has 0 radical (unpaired) electrons. The number of fused-ring (bicyclic) bond motifs is 2. The van der Waals surface area contributed by atoms with E-state index in [1.807, 2.05) is 0 Å².